The summed E-state index contributed by atoms with van der Waals surface area (Å²) in [7, 11) is 0. The van der Waals surface area contributed by atoms with Gasteiger partial charge in [0.15, 0.2) is 0 Å². The molecule has 0 atom stereocenters. The van der Waals surface area contributed by atoms with Gasteiger partial charge in [0.25, 0.3) is 0 Å². The average molecular weight is 284 g/mol. The Hall–Kier alpha value is -2.02. The summed E-state index contributed by atoms with van der Waals surface area (Å²) >= 11 is 0. The van der Waals surface area contributed by atoms with Crippen LogP contribution in [-0.4, -0.2) is 41.0 Å². The molecular weight excluding hydrogens is 270 g/mol. The highest BCUT2D eigenvalue weighted by Crippen LogP contribution is 2.26. The van der Waals surface area contributed by atoms with E-state index >= 15 is 0 Å². The van der Waals surface area contributed by atoms with Crippen LogP contribution in [0.15, 0.2) is 18.2 Å². The molecule has 0 radical (unpaired) electrons. The van der Waals surface area contributed by atoms with Gasteiger partial charge in [0.2, 0.25) is 5.91 Å². The highest BCUT2D eigenvalue weighted by molar-refractivity contribution is 5.92. The second-order valence-corrected chi connectivity index (χ2v) is 4.74. The molecule has 5 nitrogen and oxygen atoms in total. The van der Waals surface area contributed by atoms with E-state index in [0.717, 1.165) is 25.0 Å². The van der Waals surface area contributed by atoms with Crippen LogP contribution in [0.2, 0.25) is 0 Å². The molecule has 1 saturated carbocycles. The molecule has 0 spiro atoms. The first-order valence-corrected chi connectivity index (χ1v) is 6.16. The second kappa shape index (κ2) is 5.96. The summed E-state index contributed by atoms with van der Waals surface area (Å²) in [5.74, 6) is -3.08. The zero-order chi connectivity index (χ0) is 14.7. The van der Waals surface area contributed by atoms with Crippen LogP contribution in [0.1, 0.15) is 12.8 Å². The molecule has 2 N–H and O–H groups in total. The molecular formula is C13H14F2N2O3. The molecule has 1 aliphatic carbocycles. The Kier molecular flexibility index (Phi) is 4.29. The molecule has 1 aromatic carbocycles. The standard InChI is InChI=1S/C13H14F2N2O3/c14-8-3-9(15)5-10(4-8)16-12(18)6-17(7-13(19)20)11-1-2-11/h3-5,11H,1-2,6-7H2,(H,16,18)(H,19,20). The molecule has 108 valence electrons. The zero-order valence-corrected chi connectivity index (χ0v) is 10.6. The smallest absolute Gasteiger partial charge is 0.317 e. The Morgan fingerprint density at radius 1 is 1.20 bits per heavy atom. The first-order valence-electron chi connectivity index (χ1n) is 6.16. The molecule has 0 bridgehead atoms. The minimum Gasteiger partial charge on any atom is -0.480 e. The Balaban J connectivity index is 1.95. The van der Waals surface area contributed by atoms with E-state index in [0.29, 0.717) is 6.07 Å². The Labute approximate surface area is 114 Å². The monoisotopic (exact) mass is 284 g/mol. The number of carboxylic acid groups (broad SMARTS) is 1. The number of nitrogens with one attached hydrogen (secondary N) is 1. The number of carboxylic acids is 1. The molecule has 20 heavy (non-hydrogen) atoms. The zero-order valence-electron chi connectivity index (χ0n) is 10.6. The molecule has 1 aromatic rings. The summed E-state index contributed by atoms with van der Waals surface area (Å²) in [6.07, 6.45) is 1.71. The maximum Gasteiger partial charge on any atom is 0.317 e. The van der Waals surface area contributed by atoms with E-state index < -0.39 is 23.5 Å². The number of amides is 1. The molecule has 1 fully saturated rings. The van der Waals surface area contributed by atoms with Crippen molar-refractivity contribution in [1.82, 2.24) is 4.90 Å². The number of hydrogen-bond acceptors (Lipinski definition) is 3. The first-order chi connectivity index (χ1) is 9.44. The minimum absolute atomic E-state index is 0.0126. The van der Waals surface area contributed by atoms with Gasteiger partial charge in [-0.25, -0.2) is 8.78 Å². The number of halogens is 2. The molecule has 2 rings (SSSR count). The summed E-state index contributed by atoms with van der Waals surface area (Å²) < 4.78 is 25.9. The average Bonchev–Trinajstić information content (AvgIpc) is 3.08. The Morgan fingerprint density at radius 3 is 2.30 bits per heavy atom. The molecule has 0 unspecified atom stereocenters. The van der Waals surface area contributed by atoms with Crippen LogP contribution in [0.5, 0.6) is 0 Å². The quantitative estimate of drug-likeness (QED) is 0.829. The van der Waals surface area contributed by atoms with Crippen molar-refractivity contribution in [3.8, 4) is 0 Å². The third kappa shape index (κ3) is 4.27. The third-order valence-electron chi connectivity index (χ3n) is 2.89. The minimum atomic E-state index is -1.01. The lowest BCUT2D eigenvalue weighted by molar-refractivity contribution is -0.138. The lowest BCUT2D eigenvalue weighted by atomic mass is 10.3. The van der Waals surface area contributed by atoms with Crippen molar-refractivity contribution in [3.63, 3.8) is 0 Å². The summed E-state index contributed by atoms with van der Waals surface area (Å²) in [4.78, 5) is 24.0. The van der Waals surface area contributed by atoms with Crippen LogP contribution in [0.3, 0.4) is 0 Å². The molecule has 0 heterocycles. The number of anilines is 1. The van der Waals surface area contributed by atoms with Crippen molar-refractivity contribution in [1.29, 1.82) is 0 Å². The number of nitrogens with zero attached hydrogens (tertiary/aromatic N) is 1. The van der Waals surface area contributed by atoms with Crippen LogP contribution >= 0.6 is 0 Å². The molecule has 0 saturated heterocycles. The van der Waals surface area contributed by atoms with Gasteiger partial charge >= 0.3 is 5.97 Å². The fourth-order valence-electron chi connectivity index (χ4n) is 1.94. The molecule has 1 amide bonds. The van der Waals surface area contributed by atoms with Crippen molar-refractivity contribution in [3.05, 3.63) is 29.8 Å². The number of aliphatic carboxylic acids is 1. The number of carbonyl (C=O) groups excluding carboxylic acids is 1. The third-order valence-corrected chi connectivity index (χ3v) is 2.89. The molecule has 0 aromatic heterocycles. The van der Waals surface area contributed by atoms with Crippen LogP contribution < -0.4 is 5.32 Å². The number of hydrogen-bond donors (Lipinski definition) is 2. The maximum absolute atomic E-state index is 13.0. The van der Waals surface area contributed by atoms with Crippen LogP contribution in [0.25, 0.3) is 0 Å². The largest absolute Gasteiger partial charge is 0.480 e. The first kappa shape index (κ1) is 14.4. The van der Waals surface area contributed by atoms with Crippen molar-refractivity contribution in [2.24, 2.45) is 0 Å². The Morgan fingerprint density at radius 2 is 1.80 bits per heavy atom. The van der Waals surface area contributed by atoms with E-state index in [9.17, 15) is 18.4 Å². The summed E-state index contributed by atoms with van der Waals surface area (Å²) in [5, 5.41) is 11.1. The summed E-state index contributed by atoms with van der Waals surface area (Å²) in [5.41, 5.74) is 0.0126. The topological polar surface area (TPSA) is 69.6 Å². The van der Waals surface area contributed by atoms with Gasteiger partial charge in [-0.3, -0.25) is 14.5 Å². The van der Waals surface area contributed by atoms with Gasteiger partial charge in [0.1, 0.15) is 11.6 Å². The van der Waals surface area contributed by atoms with E-state index in [2.05, 4.69) is 5.32 Å². The molecule has 1 aliphatic rings. The SMILES string of the molecule is O=C(O)CN(CC(=O)Nc1cc(F)cc(F)c1)C1CC1. The fraction of sp³-hybridized carbons (Fsp3) is 0.385. The van der Waals surface area contributed by atoms with Gasteiger partial charge in [0, 0.05) is 17.8 Å². The van der Waals surface area contributed by atoms with Crippen LogP contribution in [0.4, 0.5) is 14.5 Å². The number of carbonyl (C=O) groups is 2. The molecule has 0 aliphatic heterocycles. The second-order valence-electron chi connectivity index (χ2n) is 4.74. The Bertz CT molecular complexity index is 512. The van der Waals surface area contributed by atoms with Gasteiger partial charge in [-0.15, -0.1) is 0 Å². The van der Waals surface area contributed by atoms with Crippen molar-refractivity contribution in [2.75, 3.05) is 18.4 Å². The van der Waals surface area contributed by atoms with Crippen LogP contribution in [0, 0.1) is 11.6 Å². The van der Waals surface area contributed by atoms with Gasteiger partial charge in [0.05, 0.1) is 13.1 Å². The van der Waals surface area contributed by atoms with E-state index in [1.165, 1.54) is 4.90 Å². The van der Waals surface area contributed by atoms with E-state index in [-0.39, 0.29) is 24.8 Å². The van der Waals surface area contributed by atoms with E-state index in [1.54, 1.807) is 0 Å². The normalized spacial score (nSPS) is 14.3. The fourth-order valence-corrected chi connectivity index (χ4v) is 1.94. The lowest BCUT2D eigenvalue weighted by Gasteiger charge is -2.18. The van der Waals surface area contributed by atoms with E-state index in [1.807, 2.05) is 0 Å². The predicted molar refractivity (Wildman–Crippen MR) is 67.2 cm³/mol. The van der Waals surface area contributed by atoms with Crippen molar-refractivity contribution < 1.29 is 23.5 Å². The van der Waals surface area contributed by atoms with Gasteiger partial charge in [-0.1, -0.05) is 0 Å². The van der Waals surface area contributed by atoms with Gasteiger partial charge in [-0.05, 0) is 25.0 Å². The van der Waals surface area contributed by atoms with Gasteiger partial charge < -0.3 is 10.4 Å². The number of rotatable bonds is 6. The van der Waals surface area contributed by atoms with Crippen LogP contribution in [-0.2, 0) is 9.59 Å². The van der Waals surface area contributed by atoms with Gasteiger partial charge in [-0.2, -0.15) is 0 Å². The van der Waals surface area contributed by atoms with E-state index in [4.69, 9.17) is 5.11 Å². The summed E-state index contributed by atoms with van der Waals surface area (Å²) in [6, 6.07) is 2.80. The highest BCUT2D eigenvalue weighted by Gasteiger charge is 2.31. The van der Waals surface area contributed by atoms with Crippen molar-refractivity contribution in [2.45, 2.75) is 18.9 Å². The lowest BCUT2D eigenvalue weighted by Crippen LogP contribution is -2.38. The van der Waals surface area contributed by atoms with Crippen molar-refractivity contribution >= 4 is 17.6 Å². The predicted octanol–water partition coefficient (Wildman–Crippen LogP) is 1.45. The summed E-state index contributed by atoms with van der Waals surface area (Å²) in [6.45, 7) is -0.343. The maximum atomic E-state index is 13.0. The number of benzene rings is 1. The highest BCUT2D eigenvalue weighted by atomic mass is 19.1. The molecule has 7 heteroatoms.